The van der Waals surface area contributed by atoms with Gasteiger partial charge in [0.25, 0.3) is 0 Å². The van der Waals surface area contributed by atoms with Gasteiger partial charge in [-0.25, -0.2) is 4.98 Å². The summed E-state index contributed by atoms with van der Waals surface area (Å²) in [7, 11) is 0. The second-order valence-corrected chi connectivity index (χ2v) is 10.5. The molecule has 0 saturated heterocycles. The maximum Gasteiger partial charge on any atom is 0.238 e. The number of nitrogens with zero attached hydrogens (tertiary/aromatic N) is 4. The quantitative estimate of drug-likeness (QED) is 0.214. The summed E-state index contributed by atoms with van der Waals surface area (Å²) >= 11 is 0. The Morgan fingerprint density at radius 1 is 0.326 bits per heavy atom. The summed E-state index contributed by atoms with van der Waals surface area (Å²) in [5.41, 5.74) is 8.56. The second-order valence-electron chi connectivity index (χ2n) is 10.5. The van der Waals surface area contributed by atoms with Crippen molar-refractivity contribution < 1.29 is 0 Å². The number of benzene rings is 6. The Bertz CT molecular complexity index is 2220. The molecule has 8 rings (SSSR count). The maximum atomic E-state index is 5.15. The summed E-state index contributed by atoms with van der Waals surface area (Å²) < 4.78 is 2.18. The van der Waals surface area contributed by atoms with Crippen LogP contribution in [0.25, 0.3) is 72.8 Å². The van der Waals surface area contributed by atoms with Gasteiger partial charge in [0.1, 0.15) is 0 Å². The lowest BCUT2D eigenvalue weighted by atomic mass is 10.0. The van der Waals surface area contributed by atoms with Crippen LogP contribution in [0.2, 0.25) is 0 Å². The largest absolute Gasteiger partial charge is 0.278 e. The van der Waals surface area contributed by atoms with Gasteiger partial charge in [-0.1, -0.05) is 140 Å². The molecule has 0 atom stereocenters. The lowest BCUT2D eigenvalue weighted by Crippen LogP contribution is -2.06. The highest BCUT2D eigenvalue weighted by atomic mass is 15.2. The van der Waals surface area contributed by atoms with Crippen molar-refractivity contribution in [2.24, 2.45) is 0 Å². The fourth-order valence-corrected chi connectivity index (χ4v) is 5.77. The molecule has 4 nitrogen and oxygen atoms in total. The molecule has 6 aromatic carbocycles. The van der Waals surface area contributed by atoms with Crippen LogP contribution in [0.1, 0.15) is 0 Å². The molecule has 2 aromatic heterocycles. The Labute approximate surface area is 249 Å². The monoisotopic (exact) mass is 550 g/mol. The fourth-order valence-electron chi connectivity index (χ4n) is 5.77. The number of aromatic nitrogens is 4. The van der Waals surface area contributed by atoms with Crippen LogP contribution in [-0.2, 0) is 0 Å². The number of para-hydroxylation sites is 1. The predicted octanol–water partition coefficient (Wildman–Crippen LogP) is 9.64. The lowest BCUT2D eigenvalue weighted by molar-refractivity contribution is 0.953. The zero-order chi connectivity index (χ0) is 28.6. The smallest absolute Gasteiger partial charge is 0.238 e. The van der Waals surface area contributed by atoms with E-state index in [1.54, 1.807) is 0 Å². The third-order valence-electron chi connectivity index (χ3n) is 7.86. The van der Waals surface area contributed by atoms with Crippen LogP contribution < -0.4 is 0 Å². The minimum absolute atomic E-state index is 0.588. The Balaban J connectivity index is 1.39. The van der Waals surface area contributed by atoms with E-state index in [0.717, 1.165) is 49.6 Å². The van der Waals surface area contributed by atoms with Crippen molar-refractivity contribution in [2.45, 2.75) is 0 Å². The maximum absolute atomic E-state index is 5.15. The van der Waals surface area contributed by atoms with E-state index in [2.05, 4.69) is 120 Å². The molecule has 0 aliphatic heterocycles. The third-order valence-corrected chi connectivity index (χ3v) is 7.86. The number of fused-ring (bicyclic) bond motifs is 3. The topological polar surface area (TPSA) is 43.6 Å². The minimum atomic E-state index is 0.588. The van der Waals surface area contributed by atoms with Gasteiger partial charge in [0.05, 0.1) is 11.0 Å². The van der Waals surface area contributed by atoms with Crippen molar-refractivity contribution >= 4 is 21.8 Å². The number of rotatable bonds is 5. The summed E-state index contributed by atoms with van der Waals surface area (Å²) in [6.45, 7) is 0. The SMILES string of the molecule is c1ccc(-c2cccc(-c3nc(-c4ccccc4)nc(-n4c5ccccc5c5ccc(-c6ccccc6)cc54)n3)c2)cc1. The first-order valence-electron chi connectivity index (χ1n) is 14.4. The molecule has 0 saturated carbocycles. The summed E-state index contributed by atoms with van der Waals surface area (Å²) in [6, 6.07) is 54.5. The van der Waals surface area contributed by atoms with E-state index in [-0.39, 0.29) is 0 Å². The molecule has 202 valence electrons. The molecular formula is C39H26N4. The summed E-state index contributed by atoms with van der Waals surface area (Å²) in [6.07, 6.45) is 0. The average molecular weight is 551 g/mol. The first-order chi connectivity index (χ1) is 21.3. The van der Waals surface area contributed by atoms with Crippen molar-refractivity contribution in [3.8, 4) is 51.0 Å². The highest BCUT2D eigenvalue weighted by molar-refractivity contribution is 6.10. The minimum Gasteiger partial charge on any atom is -0.278 e. The third kappa shape index (κ3) is 4.55. The van der Waals surface area contributed by atoms with Crippen LogP contribution in [0.4, 0.5) is 0 Å². The van der Waals surface area contributed by atoms with Crippen molar-refractivity contribution in [3.05, 3.63) is 158 Å². The number of hydrogen-bond acceptors (Lipinski definition) is 3. The van der Waals surface area contributed by atoms with Crippen LogP contribution in [0.15, 0.2) is 158 Å². The van der Waals surface area contributed by atoms with Crippen LogP contribution in [0.3, 0.4) is 0 Å². The van der Waals surface area contributed by atoms with Gasteiger partial charge in [0, 0.05) is 21.9 Å². The Kier molecular flexibility index (Phi) is 6.08. The highest BCUT2D eigenvalue weighted by Gasteiger charge is 2.18. The molecule has 2 heterocycles. The molecule has 43 heavy (non-hydrogen) atoms. The van der Waals surface area contributed by atoms with Gasteiger partial charge >= 0.3 is 0 Å². The molecule has 0 N–H and O–H groups in total. The van der Waals surface area contributed by atoms with Crippen LogP contribution in [0.5, 0.6) is 0 Å². The molecule has 0 amide bonds. The van der Waals surface area contributed by atoms with E-state index >= 15 is 0 Å². The number of hydrogen-bond donors (Lipinski definition) is 0. The van der Waals surface area contributed by atoms with Crippen LogP contribution in [0, 0.1) is 0 Å². The van der Waals surface area contributed by atoms with E-state index in [1.807, 2.05) is 42.5 Å². The van der Waals surface area contributed by atoms with Crippen molar-refractivity contribution in [1.82, 2.24) is 19.5 Å². The molecule has 0 aliphatic rings. The van der Waals surface area contributed by atoms with Gasteiger partial charge in [0.2, 0.25) is 5.95 Å². The molecule has 0 spiro atoms. The van der Waals surface area contributed by atoms with E-state index < -0.39 is 0 Å². The zero-order valence-electron chi connectivity index (χ0n) is 23.3. The van der Waals surface area contributed by atoms with Crippen molar-refractivity contribution in [2.75, 3.05) is 0 Å². The first kappa shape index (κ1) is 24.9. The lowest BCUT2D eigenvalue weighted by Gasteiger charge is -2.12. The van der Waals surface area contributed by atoms with E-state index in [4.69, 9.17) is 15.0 Å². The first-order valence-corrected chi connectivity index (χ1v) is 14.4. The molecule has 4 heteroatoms. The van der Waals surface area contributed by atoms with Crippen molar-refractivity contribution in [3.63, 3.8) is 0 Å². The Morgan fingerprint density at radius 2 is 0.837 bits per heavy atom. The van der Waals surface area contributed by atoms with Gasteiger partial charge in [0.15, 0.2) is 11.6 Å². The summed E-state index contributed by atoms with van der Waals surface area (Å²) in [5.74, 6) is 1.85. The highest BCUT2D eigenvalue weighted by Crippen LogP contribution is 2.35. The van der Waals surface area contributed by atoms with E-state index in [9.17, 15) is 0 Å². The van der Waals surface area contributed by atoms with E-state index in [1.165, 1.54) is 5.56 Å². The molecule has 0 radical (unpaired) electrons. The van der Waals surface area contributed by atoms with Gasteiger partial charge in [-0.15, -0.1) is 0 Å². The van der Waals surface area contributed by atoms with Crippen LogP contribution in [-0.4, -0.2) is 19.5 Å². The van der Waals surface area contributed by atoms with Gasteiger partial charge in [-0.3, -0.25) is 4.57 Å². The Hall–Kier alpha value is -5.87. The summed E-state index contributed by atoms with van der Waals surface area (Å²) in [5, 5.41) is 2.32. The molecule has 0 fully saturated rings. The Morgan fingerprint density at radius 3 is 1.53 bits per heavy atom. The van der Waals surface area contributed by atoms with Gasteiger partial charge in [-0.2, -0.15) is 9.97 Å². The van der Waals surface area contributed by atoms with Crippen LogP contribution >= 0.6 is 0 Å². The molecule has 8 aromatic rings. The summed E-state index contributed by atoms with van der Waals surface area (Å²) in [4.78, 5) is 15.3. The molecule has 0 bridgehead atoms. The van der Waals surface area contributed by atoms with Crippen molar-refractivity contribution in [1.29, 1.82) is 0 Å². The predicted molar refractivity (Wildman–Crippen MR) is 176 cm³/mol. The van der Waals surface area contributed by atoms with E-state index in [0.29, 0.717) is 17.6 Å². The fraction of sp³-hybridized carbons (Fsp3) is 0. The molecule has 0 unspecified atom stereocenters. The molecular weight excluding hydrogens is 524 g/mol. The standard InChI is InChI=1S/C39H26N4/c1-4-13-27(14-5-1)30-19-12-20-32(25-30)38-40-37(29-17-8-3-9-18-29)41-39(42-38)43-35-22-11-10-21-33(35)34-24-23-31(26-36(34)43)28-15-6-2-7-16-28/h1-26H. The molecule has 0 aliphatic carbocycles. The zero-order valence-corrected chi connectivity index (χ0v) is 23.3. The van der Waals surface area contributed by atoms with Gasteiger partial charge in [-0.05, 0) is 40.5 Å². The van der Waals surface area contributed by atoms with Gasteiger partial charge < -0.3 is 0 Å². The normalized spacial score (nSPS) is 11.3. The second kappa shape index (κ2) is 10.5. The average Bonchev–Trinajstić information content (AvgIpc) is 3.43.